The molecule has 1 amide bonds. The van der Waals surface area contributed by atoms with Crippen molar-refractivity contribution in [3.05, 3.63) is 12.2 Å². The Balaban J connectivity index is 2.68. The lowest BCUT2D eigenvalue weighted by Gasteiger charge is -2.01. The summed E-state index contributed by atoms with van der Waals surface area (Å²) in [5.41, 5.74) is 0. The van der Waals surface area contributed by atoms with Gasteiger partial charge in [0, 0.05) is 6.08 Å². The van der Waals surface area contributed by atoms with E-state index in [1.54, 1.807) is 0 Å². The normalized spacial score (nSPS) is 18.5. The average Bonchev–Trinajstić information content (AvgIpc) is 1.77. The maximum Gasteiger partial charge on any atom is 0.244 e. The Labute approximate surface area is 46.4 Å². The number of ketones is 1. The van der Waals surface area contributed by atoms with E-state index in [0.29, 0.717) is 0 Å². The molecule has 0 fully saturated rings. The first-order valence-corrected chi connectivity index (χ1v) is 2.28. The second-order valence-corrected chi connectivity index (χ2v) is 1.52. The first kappa shape index (κ1) is 5.03. The number of hydrogen-bond donors (Lipinski definition) is 1. The molecule has 0 saturated heterocycles. The fraction of sp³-hybridized carbons (Fsp3) is 0.200. The van der Waals surface area contributed by atoms with E-state index in [1.807, 2.05) is 0 Å². The molecule has 1 heterocycles. The lowest BCUT2D eigenvalue weighted by atomic mass is 10.3. The molecule has 0 aromatic rings. The summed E-state index contributed by atoms with van der Waals surface area (Å²) in [6.45, 7) is 0.148. The van der Waals surface area contributed by atoms with Gasteiger partial charge in [0.05, 0.1) is 6.54 Å². The minimum atomic E-state index is -0.190. The molecule has 0 spiro atoms. The van der Waals surface area contributed by atoms with Crippen LogP contribution in [0.15, 0.2) is 12.2 Å². The van der Waals surface area contributed by atoms with Gasteiger partial charge in [0.25, 0.3) is 0 Å². The van der Waals surface area contributed by atoms with Crippen molar-refractivity contribution in [1.29, 1.82) is 0 Å². The summed E-state index contributed by atoms with van der Waals surface area (Å²) < 4.78 is 0. The van der Waals surface area contributed by atoms with Gasteiger partial charge in [0.1, 0.15) is 0 Å². The number of hydrogen-bond acceptors (Lipinski definition) is 2. The summed E-state index contributed by atoms with van der Waals surface area (Å²) in [5.74, 6) is -0.241. The number of rotatable bonds is 0. The van der Waals surface area contributed by atoms with Crippen molar-refractivity contribution in [2.45, 2.75) is 0 Å². The van der Waals surface area contributed by atoms with Gasteiger partial charge in [-0.15, -0.1) is 0 Å². The SMILES string of the molecule is O=C1C=CC(=O)NC1. The molecule has 0 saturated carbocycles. The van der Waals surface area contributed by atoms with Gasteiger partial charge in [-0.3, -0.25) is 9.59 Å². The van der Waals surface area contributed by atoms with E-state index in [2.05, 4.69) is 5.32 Å². The standard InChI is InChI=1S/C5H5NO2/c7-4-1-2-5(8)6-3-4/h1-2H,3H2,(H,6,8). The molecule has 0 aromatic carbocycles. The molecule has 0 aliphatic carbocycles. The summed E-state index contributed by atoms with van der Waals surface area (Å²) in [4.78, 5) is 20.6. The van der Waals surface area contributed by atoms with Gasteiger partial charge in [-0.2, -0.15) is 0 Å². The number of amides is 1. The molecule has 0 unspecified atom stereocenters. The Morgan fingerprint density at radius 1 is 1.38 bits per heavy atom. The van der Waals surface area contributed by atoms with Gasteiger partial charge in [0.15, 0.2) is 5.78 Å². The van der Waals surface area contributed by atoms with Gasteiger partial charge in [-0.25, -0.2) is 0 Å². The van der Waals surface area contributed by atoms with Crippen molar-refractivity contribution in [3.8, 4) is 0 Å². The molecule has 0 bridgehead atoms. The lowest BCUT2D eigenvalue weighted by Crippen LogP contribution is -2.30. The van der Waals surface area contributed by atoms with E-state index < -0.39 is 0 Å². The van der Waals surface area contributed by atoms with E-state index >= 15 is 0 Å². The minimum Gasteiger partial charge on any atom is -0.345 e. The van der Waals surface area contributed by atoms with Gasteiger partial charge < -0.3 is 5.32 Å². The monoisotopic (exact) mass is 111 g/mol. The molecule has 0 atom stereocenters. The molecule has 1 rings (SSSR count). The lowest BCUT2D eigenvalue weighted by molar-refractivity contribution is -0.121. The topological polar surface area (TPSA) is 46.2 Å². The minimum absolute atomic E-state index is 0.0513. The van der Waals surface area contributed by atoms with Crippen LogP contribution in [-0.2, 0) is 9.59 Å². The van der Waals surface area contributed by atoms with Gasteiger partial charge in [-0.05, 0) is 6.08 Å². The highest BCUT2D eigenvalue weighted by Crippen LogP contribution is 1.82. The second-order valence-electron chi connectivity index (χ2n) is 1.52. The predicted molar refractivity (Wildman–Crippen MR) is 27.2 cm³/mol. The first-order valence-electron chi connectivity index (χ1n) is 2.28. The van der Waals surface area contributed by atoms with Crippen LogP contribution in [0.3, 0.4) is 0 Å². The van der Waals surface area contributed by atoms with Crippen LogP contribution in [0.1, 0.15) is 0 Å². The Kier molecular flexibility index (Phi) is 1.12. The second kappa shape index (κ2) is 1.78. The highest BCUT2D eigenvalue weighted by Gasteiger charge is 2.04. The largest absolute Gasteiger partial charge is 0.345 e. The quantitative estimate of drug-likeness (QED) is 0.446. The number of carbonyl (C=O) groups is 2. The van der Waals surface area contributed by atoms with E-state index in [-0.39, 0.29) is 18.2 Å². The summed E-state index contributed by atoms with van der Waals surface area (Å²) >= 11 is 0. The van der Waals surface area contributed by atoms with Crippen molar-refractivity contribution in [3.63, 3.8) is 0 Å². The van der Waals surface area contributed by atoms with E-state index in [9.17, 15) is 9.59 Å². The smallest absolute Gasteiger partial charge is 0.244 e. The fourth-order valence-electron chi connectivity index (χ4n) is 0.461. The molecule has 8 heavy (non-hydrogen) atoms. The van der Waals surface area contributed by atoms with Crippen LogP contribution in [0.4, 0.5) is 0 Å². The maximum atomic E-state index is 10.3. The Hall–Kier alpha value is -1.12. The molecule has 1 N–H and O–H groups in total. The molecule has 0 radical (unpaired) electrons. The predicted octanol–water partition coefficient (Wildman–Crippen LogP) is -0.759. The molecular weight excluding hydrogens is 106 g/mol. The highest BCUT2D eigenvalue weighted by atomic mass is 16.2. The third-order valence-corrected chi connectivity index (χ3v) is 0.857. The zero-order valence-electron chi connectivity index (χ0n) is 4.18. The van der Waals surface area contributed by atoms with E-state index in [4.69, 9.17) is 0 Å². The van der Waals surface area contributed by atoms with Crippen LogP contribution in [0.5, 0.6) is 0 Å². The van der Waals surface area contributed by atoms with Crippen LogP contribution in [0, 0.1) is 0 Å². The Morgan fingerprint density at radius 2 is 2.12 bits per heavy atom. The average molecular weight is 111 g/mol. The van der Waals surface area contributed by atoms with Gasteiger partial charge >= 0.3 is 0 Å². The number of nitrogens with one attached hydrogen (secondary N) is 1. The zero-order valence-corrected chi connectivity index (χ0v) is 4.18. The van der Waals surface area contributed by atoms with Crippen molar-refractivity contribution in [2.75, 3.05) is 6.54 Å². The maximum absolute atomic E-state index is 10.3. The Morgan fingerprint density at radius 3 is 2.50 bits per heavy atom. The third-order valence-electron chi connectivity index (χ3n) is 0.857. The van der Waals surface area contributed by atoms with Crippen molar-refractivity contribution >= 4 is 11.7 Å². The molecule has 1 aliphatic rings. The van der Waals surface area contributed by atoms with Crippen molar-refractivity contribution in [1.82, 2.24) is 5.32 Å². The summed E-state index contributed by atoms with van der Waals surface area (Å²) in [6, 6.07) is 0. The van der Waals surface area contributed by atoms with Crippen LogP contribution in [-0.4, -0.2) is 18.2 Å². The molecule has 3 nitrogen and oxygen atoms in total. The summed E-state index contributed by atoms with van der Waals surface area (Å²) in [7, 11) is 0. The van der Waals surface area contributed by atoms with Crippen LogP contribution < -0.4 is 5.32 Å². The fourth-order valence-corrected chi connectivity index (χ4v) is 0.461. The molecule has 1 aliphatic heterocycles. The first-order chi connectivity index (χ1) is 3.79. The van der Waals surface area contributed by atoms with Gasteiger partial charge in [-0.1, -0.05) is 0 Å². The molecule has 3 heteroatoms. The van der Waals surface area contributed by atoms with Crippen LogP contribution in [0.2, 0.25) is 0 Å². The number of carbonyl (C=O) groups excluding carboxylic acids is 2. The molecular formula is C5H5NO2. The zero-order chi connectivity index (χ0) is 5.98. The van der Waals surface area contributed by atoms with Crippen molar-refractivity contribution < 1.29 is 9.59 Å². The Bertz CT molecular complexity index is 142. The van der Waals surface area contributed by atoms with Crippen LogP contribution in [0.25, 0.3) is 0 Å². The molecule has 42 valence electrons. The third kappa shape index (κ3) is 0.932. The van der Waals surface area contributed by atoms with Crippen LogP contribution >= 0.6 is 0 Å². The van der Waals surface area contributed by atoms with Gasteiger partial charge in [0.2, 0.25) is 5.91 Å². The van der Waals surface area contributed by atoms with E-state index in [1.165, 1.54) is 12.2 Å². The highest BCUT2D eigenvalue weighted by molar-refractivity contribution is 6.04. The van der Waals surface area contributed by atoms with E-state index in [0.717, 1.165) is 0 Å². The molecule has 0 aromatic heterocycles. The summed E-state index contributed by atoms with van der Waals surface area (Å²) in [5, 5.41) is 2.36. The van der Waals surface area contributed by atoms with Crippen molar-refractivity contribution in [2.24, 2.45) is 0 Å². The summed E-state index contributed by atoms with van der Waals surface area (Å²) in [6.07, 6.45) is 2.50.